The fourth-order valence-electron chi connectivity index (χ4n) is 12.7. The molecule has 1 amide bonds. The number of carbonyl (C=O) groups excluding carboxylic acids is 1. The number of hydrogen-bond donors (Lipinski definition) is 10. The van der Waals surface area contributed by atoms with Crippen LogP contribution in [-0.4, -0.2) is 66.8 Å². The van der Waals surface area contributed by atoms with Gasteiger partial charge in [-0.05, 0) is 111 Å². The first-order valence-corrected chi connectivity index (χ1v) is 21.3. The molecule has 4 saturated carbocycles. The van der Waals surface area contributed by atoms with Gasteiger partial charge in [-0.15, -0.1) is 0 Å². The summed E-state index contributed by atoms with van der Waals surface area (Å²) in [5.74, 6) is 5.82. The smallest absolute Gasteiger partial charge is 0.665 e. The van der Waals surface area contributed by atoms with Crippen molar-refractivity contribution in [3.8, 4) is 0 Å². The average molecular weight is 796 g/mol. The molecule has 9 aliphatic rings. The number of nitrogens with one attached hydrogen (secondary N) is 9. The van der Waals surface area contributed by atoms with Gasteiger partial charge in [-0.2, -0.15) is 0 Å². The van der Waals surface area contributed by atoms with Crippen molar-refractivity contribution in [1.29, 1.82) is 0 Å². The molecule has 0 spiro atoms. The third-order valence-electron chi connectivity index (χ3n) is 15.0. The Bertz CT molecular complexity index is 1160. The zero-order chi connectivity index (χ0) is 36.3. The van der Waals surface area contributed by atoms with Crippen molar-refractivity contribution in [2.24, 2.45) is 47.3 Å². The number of rotatable bonds is 1. The third kappa shape index (κ3) is 8.47. The first-order valence-electron chi connectivity index (χ1n) is 21.3. The third-order valence-corrected chi connectivity index (χ3v) is 15.0. The Morgan fingerprint density at radius 1 is 0.500 bits per heavy atom. The van der Waals surface area contributed by atoms with Crippen LogP contribution in [0.2, 0.25) is 0 Å². The van der Waals surface area contributed by atoms with Crippen LogP contribution in [-0.2, 0) is 21.9 Å². The van der Waals surface area contributed by atoms with Crippen molar-refractivity contribution < 1.29 is 31.8 Å². The summed E-state index contributed by atoms with van der Waals surface area (Å²) < 4.78 is 0. The quantitative estimate of drug-likeness (QED) is 0.150. The molecule has 9 fully saturated rings. The first kappa shape index (κ1) is 40.6. The van der Waals surface area contributed by atoms with Crippen LogP contribution in [0.5, 0.6) is 0 Å². The second kappa shape index (κ2) is 18.7. The van der Waals surface area contributed by atoms with Gasteiger partial charge in [0.25, 0.3) is 0 Å². The molecule has 303 valence electrons. The van der Waals surface area contributed by atoms with Gasteiger partial charge in [-0.25, -0.2) is 0 Å². The Balaban J connectivity index is 0.000000277. The van der Waals surface area contributed by atoms with E-state index < -0.39 is 0 Å². The van der Waals surface area contributed by atoms with Crippen LogP contribution < -0.4 is 47.9 Å². The van der Waals surface area contributed by atoms with Crippen LogP contribution >= 0.6 is 0 Å². The van der Waals surface area contributed by atoms with Gasteiger partial charge in [0.1, 0.15) is 0 Å². The predicted octanol–water partition coefficient (Wildman–Crippen LogP) is 3.42. The normalized spacial score (nSPS) is 44.5. The predicted molar refractivity (Wildman–Crippen MR) is 205 cm³/mol. The van der Waals surface area contributed by atoms with Gasteiger partial charge < -0.3 is 15.2 Å². The minimum absolute atomic E-state index is 0. The Labute approximate surface area is 333 Å². The number of carbonyl (C=O) groups is 1. The van der Waals surface area contributed by atoms with Crippen LogP contribution in [0.3, 0.4) is 0 Å². The Kier molecular flexibility index (Phi) is 14.1. The fourth-order valence-corrected chi connectivity index (χ4v) is 12.7. The summed E-state index contributed by atoms with van der Waals surface area (Å²) in [6.45, 7) is 0.500. The number of fused-ring (bicyclic) bond motifs is 20. The van der Waals surface area contributed by atoms with Crippen molar-refractivity contribution in [2.75, 3.05) is 0 Å². The van der Waals surface area contributed by atoms with Crippen LogP contribution in [0.25, 0.3) is 0 Å². The molecule has 13 heteroatoms. The molecule has 54 heavy (non-hydrogen) atoms. The van der Waals surface area contributed by atoms with Gasteiger partial charge in [0.2, 0.25) is 5.91 Å². The first-order chi connectivity index (χ1) is 26.1. The fraction of sp³-hybridized carbons (Fsp3) is 0.780. The monoisotopic (exact) mass is 794 g/mol. The summed E-state index contributed by atoms with van der Waals surface area (Å²) in [7, 11) is 3.26. The summed E-state index contributed by atoms with van der Waals surface area (Å²) in [4.78, 5) is 19.1. The maximum absolute atomic E-state index is 10.8. The molecule has 4 aliphatic carbocycles. The van der Waals surface area contributed by atoms with Crippen molar-refractivity contribution in [3.63, 3.8) is 0 Å². The Morgan fingerprint density at radius 2 is 0.704 bits per heavy atom. The molecule has 5 aliphatic heterocycles. The largest absolute Gasteiger partial charge is 2.00 e. The molecule has 8 bridgehead atoms. The number of benzene rings is 1. The van der Waals surface area contributed by atoms with Crippen molar-refractivity contribution in [1.82, 2.24) is 47.9 Å². The average Bonchev–Trinajstić information content (AvgIpc) is 3.94. The van der Waals surface area contributed by atoms with Gasteiger partial charge in [-0.1, -0.05) is 76.0 Å². The number of aliphatic hydroxyl groups excluding tert-OH is 1. The van der Waals surface area contributed by atoms with Crippen LogP contribution in [0.1, 0.15) is 113 Å². The van der Waals surface area contributed by atoms with E-state index in [1.165, 1.54) is 103 Å². The molecule has 8 unspecified atom stereocenters. The van der Waals surface area contributed by atoms with Crippen molar-refractivity contribution in [3.05, 3.63) is 42.9 Å². The summed E-state index contributed by atoms with van der Waals surface area (Å²) in [5, 5.41) is 42.8. The molecule has 1 radical (unpaired) electrons. The summed E-state index contributed by atoms with van der Waals surface area (Å²) in [6.07, 6.45) is 25.6. The van der Waals surface area contributed by atoms with Gasteiger partial charge in [0.05, 0.1) is 49.3 Å². The zero-order valence-corrected chi connectivity index (χ0v) is 32.7. The molecule has 8 atom stereocenters. The molecule has 1 aromatic rings. The summed E-state index contributed by atoms with van der Waals surface area (Å²) >= 11 is 0. The second-order valence-corrected chi connectivity index (χ2v) is 17.6. The molecule has 10 rings (SSSR count). The summed E-state index contributed by atoms with van der Waals surface area (Å²) in [5.41, 5.74) is 0.637. The molecule has 0 aromatic heterocycles. The molecule has 12 nitrogen and oxygen atoms in total. The van der Waals surface area contributed by atoms with E-state index in [1.54, 1.807) is 12.1 Å². The van der Waals surface area contributed by atoms with E-state index in [0.717, 1.165) is 47.3 Å². The topological polar surface area (TPSA) is 163 Å². The van der Waals surface area contributed by atoms with Gasteiger partial charge in [0, 0.05) is 5.56 Å². The van der Waals surface area contributed by atoms with Crippen LogP contribution in [0.15, 0.2) is 30.3 Å². The van der Waals surface area contributed by atoms with Crippen molar-refractivity contribution in [2.45, 2.75) is 152 Å². The van der Waals surface area contributed by atoms with Crippen LogP contribution in [0, 0.1) is 54.4 Å². The van der Waals surface area contributed by atoms with E-state index in [2.05, 4.69) is 54.9 Å². The van der Waals surface area contributed by atoms with Gasteiger partial charge in [-0.3, -0.25) is 54.4 Å². The molecule has 1 aromatic carbocycles. The number of amides is 1. The van der Waals surface area contributed by atoms with E-state index in [9.17, 15) is 4.79 Å². The van der Waals surface area contributed by atoms with Gasteiger partial charge >= 0.3 is 17.1 Å². The SMILES string of the molecule is C1CCC2C3NC(NC4NC(NC5NC(NC6NC(N3)C3CCCCC63)C3CCCCC53)C3CCCCC43)C2C1.O=[C-]O.[CH2-]NC(=O)c1ccccc1.[Cu+2]. The van der Waals surface area contributed by atoms with E-state index >= 15 is 0 Å². The maximum atomic E-state index is 10.8. The van der Waals surface area contributed by atoms with Crippen molar-refractivity contribution >= 4 is 12.4 Å². The minimum atomic E-state index is -0.152. The Hall–Kier alpha value is -1.64. The van der Waals surface area contributed by atoms with E-state index in [1.807, 2.05) is 18.2 Å². The minimum Gasteiger partial charge on any atom is -0.665 e. The molecule has 5 heterocycles. The molecular weight excluding hydrogens is 730 g/mol. The maximum Gasteiger partial charge on any atom is 2.00 e. The van der Waals surface area contributed by atoms with E-state index in [-0.39, 0.29) is 23.0 Å². The second-order valence-electron chi connectivity index (χ2n) is 17.6. The van der Waals surface area contributed by atoms with E-state index in [4.69, 9.17) is 9.90 Å². The molecule has 5 saturated heterocycles. The molecule has 10 N–H and O–H groups in total. The summed E-state index contributed by atoms with van der Waals surface area (Å²) in [6, 6.07) is 8.95. The standard InChI is InChI=1S/C32H56N8.C8H8NO.CHO2.Cu/c1-2-10-18-17(9-1)25-33-26(18)38-28-21-13-5-6-14-22(21)30(35-28)40-32-24-16-8-7-15-23(24)31(36-32)39-29-20-12-4-3-11-19(20)27(34-29)37-25;1-9-8(10)7-5-3-2-4-6-7;2-1-3;/h17-40H,1-16H2;2-6H,1H2,(H,9,10);(H,2,3);/q;2*-1;+2. The van der Waals surface area contributed by atoms with E-state index in [0.29, 0.717) is 61.4 Å². The molecular formula is C41H65CuN9O3. The van der Waals surface area contributed by atoms with Gasteiger partial charge in [0.15, 0.2) is 0 Å². The Morgan fingerprint density at radius 3 is 0.889 bits per heavy atom. The number of hydrogen-bond acceptors (Lipinski definition) is 10. The zero-order valence-electron chi connectivity index (χ0n) is 31.7. The van der Waals surface area contributed by atoms with Crippen LogP contribution in [0.4, 0.5) is 0 Å².